The van der Waals surface area contributed by atoms with Crippen molar-refractivity contribution in [3.05, 3.63) is 76.3 Å². The summed E-state index contributed by atoms with van der Waals surface area (Å²) < 4.78 is 27.9. The molecule has 0 unspecified atom stereocenters. The van der Waals surface area contributed by atoms with Crippen LogP contribution in [0.3, 0.4) is 0 Å². The van der Waals surface area contributed by atoms with E-state index < -0.39 is 11.6 Å². The van der Waals surface area contributed by atoms with Gasteiger partial charge in [-0.25, -0.2) is 8.78 Å². The van der Waals surface area contributed by atoms with E-state index in [1.54, 1.807) is 6.92 Å². The Morgan fingerprint density at radius 3 is 2.58 bits per heavy atom. The maximum atomic E-state index is 14.6. The van der Waals surface area contributed by atoms with E-state index in [0.29, 0.717) is 11.1 Å². The van der Waals surface area contributed by atoms with Gasteiger partial charge in [-0.2, -0.15) is 0 Å². The molecule has 0 aliphatic heterocycles. The Labute approximate surface area is 139 Å². The quantitative estimate of drug-likeness (QED) is 0.635. The number of nitrogen functional groups attached to an aromatic ring is 1. The van der Waals surface area contributed by atoms with Crippen molar-refractivity contribution in [2.75, 3.05) is 5.73 Å². The molecule has 0 saturated heterocycles. The molecule has 1 heterocycles. The molecular formula is C19H18F2N2O. The zero-order valence-electron chi connectivity index (χ0n) is 13.3. The highest BCUT2D eigenvalue weighted by molar-refractivity contribution is 5.86. The molecule has 3 rings (SSSR count). The van der Waals surface area contributed by atoms with E-state index >= 15 is 0 Å². The molecule has 1 aromatic carbocycles. The minimum Gasteiger partial charge on any atom is -0.508 e. The summed E-state index contributed by atoms with van der Waals surface area (Å²) in [7, 11) is 0. The number of rotatable bonds is 3. The van der Waals surface area contributed by atoms with Crippen LogP contribution in [0.4, 0.5) is 14.5 Å². The number of pyridine rings is 1. The standard InChI is InChI=1S/C19H18F2N2O/c1-11-19(21)15(7-8-23-11)16(10-18(24)12-3-2-4-12)14-6-5-13(20)9-17(14)22/h5-10,24H,2-4,22H2,1H3/b16-10-. The first-order valence-electron chi connectivity index (χ1n) is 7.77. The maximum absolute atomic E-state index is 14.6. The molecule has 3 N–H and O–H groups in total. The Morgan fingerprint density at radius 1 is 1.21 bits per heavy atom. The number of aliphatic hydroxyl groups is 1. The second-order valence-electron chi connectivity index (χ2n) is 5.89. The number of halogens is 2. The van der Waals surface area contributed by atoms with Gasteiger partial charge in [-0.1, -0.05) is 0 Å². The third kappa shape index (κ3) is 3.02. The number of nitrogens with two attached hydrogens (primary N) is 1. The summed E-state index contributed by atoms with van der Waals surface area (Å²) in [5.74, 6) is -0.837. The molecule has 2 aromatic rings. The maximum Gasteiger partial charge on any atom is 0.152 e. The summed E-state index contributed by atoms with van der Waals surface area (Å²) in [4.78, 5) is 3.93. The summed E-state index contributed by atoms with van der Waals surface area (Å²) in [6, 6.07) is 5.46. The lowest BCUT2D eigenvalue weighted by Crippen LogP contribution is -2.04. The first kappa shape index (κ1) is 16.2. The fraction of sp³-hybridized carbons (Fsp3) is 0.211. The Balaban J connectivity index is 2.21. The van der Waals surface area contributed by atoms with Crippen LogP contribution in [0.1, 0.15) is 36.1 Å². The molecule has 0 amide bonds. The molecule has 1 aliphatic rings. The number of aryl methyl sites for hydroxylation is 1. The fourth-order valence-corrected chi connectivity index (χ4v) is 2.68. The number of aromatic nitrogens is 1. The number of aliphatic hydroxyl groups excluding tert-OH is 1. The number of allylic oxidation sites excluding steroid dienone is 2. The van der Waals surface area contributed by atoms with Crippen LogP contribution >= 0.6 is 0 Å². The zero-order chi connectivity index (χ0) is 17.3. The normalized spacial score (nSPS) is 14.5. The average Bonchev–Trinajstić information content (AvgIpc) is 2.47. The van der Waals surface area contributed by atoms with Crippen molar-refractivity contribution < 1.29 is 13.9 Å². The number of hydrogen-bond acceptors (Lipinski definition) is 3. The molecule has 1 fully saturated rings. The fourth-order valence-electron chi connectivity index (χ4n) is 2.68. The highest BCUT2D eigenvalue weighted by atomic mass is 19.1. The Kier molecular flexibility index (Phi) is 4.34. The molecule has 1 aliphatic carbocycles. The van der Waals surface area contributed by atoms with E-state index in [1.807, 2.05) is 0 Å². The van der Waals surface area contributed by atoms with E-state index in [4.69, 9.17) is 5.73 Å². The van der Waals surface area contributed by atoms with Crippen molar-refractivity contribution >= 4 is 11.3 Å². The highest BCUT2D eigenvalue weighted by Crippen LogP contribution is 2.34. The predicted molar refractivity (Wildman–Crippen MR) is 90.3 cm³/mol. The van der Waals surface area contributed by atoms with Gasteiger partial charge in [0.15, 0.2) is 5.82 Å². The van der Waals surface area contributed by atoms with Crippen molar-refractivity contribution in [2.24, 2.45) is 0 Å². The molecular weight excluding hydrogens is 310 g/mol. The third-order valence-corrected chi connectivity index (χ3v) is 4.26. The largest absolute Gasteiger partial charge is 0.508 e. The van der Waals surface area contributed by atoms with Gasteiger partial charge in [-0.05, 0) is 67.7 Å². The van der Waals surface area contributed by atoms with Gasteiger partial charge in [-0.3, -0.25) is 4.98 Å². The number of nitrogens with zero attached hydrogens (tertiary/aromatic N) is 1. The van der Waals surface area contributed by atoms with Gasteiger partial charge in [0.05, 0.1) is 5.69 Å². The van der Waals surface area contributed by atoms with E-state index in [2.05, 4.69) is 4.98 Å². The van der Waals surface area contributed by atoms with Crippen LogP contribution in [-0.2, 0) is 0 Å². The van der Waals surface area contributed by atoms with Gasteiger partial charge in [0, 0.05) is 23.0 Å². The van der Waals surface area contributed by atoms with Crippen molar-refractivity contribution in [3.8, 4) is 0 Å². The molecule has 0 radical (unpaired) electrons. The molecule has 124 valence electrons. The Morgan fingerprint density at radius 2 is 1.96 bits per heavy atom. The van der Waals surface area contributed by atoms with Crippen LogP contribution < -0.4 is 5.73 Å². The van der Waals surface area contributed by atoms with Crippen LogP contribution in [0.25, 0.3) is 5.57 Å². The summed E-state index contributed by atoms with van der Waals surface area (Å²) in [5.41, 5.74) is 8.43. The van der Waals surface area contributed by atoms with Crippen molar-refractivity contribution in [1.82, 2.24) is 4.98 Å². The van der Waals surface area contributed by atoms with Gasteiger partial charge in [0.1, 0.15) is 11.6 Å². The summed E-state index contributed by atoms with van der Waals surface area (Å²) >= 11 is 0. The van der Waals surface area contributed by atoms with Crippen LogP contribution in [0, 0.1) is 18.6 Å². The average molecular weight is 328 g/mol. The SMILES string of the molecule is Cc1nccc(/C(=C\C(O)=C2CCC2)c2ccc(F)cc2N)c1F. The van der Waals surface area contributed by atoms with Gasteiger partial charge >= 0.3 is 0 Å². The summed E-state index contributed by atoms with van der Waals surface area (Å²) in [6.45, 7) is 1.56. The zero-order valence-corrected chi connectivity index (χ0v) is 13.3. The van der Waals surface area contributed by atoms with E-state index in [0.717, 1.165) is 24.8 Å². The molecule has 5 heteroatoms. The predicted octanol–water partition coefficient (Wildman–Crippen LogP) is 4.68. The smallest absolute Gasteiger partial charge is 0.152 e. The molecule has 1 saturated carbocycles. The number of benzene rings is 1. The van der Waals surface area contributed by atoms with E-state index in [9.17, 15) is 13.9 Å². The Bertz CT molecular complexity index is 850. The Hall–Kier alpha value is -2.69. The lowest BCUT2D eigenvalue weighted by atomic mass is 9.89. The van der Waals surface area contributed by atoms with E-state index in [-0.39, 0.29) is 22.7 Å². The molecule has 1 aromatic heterocycles. The van der Waals surface area contributed by atoms with Crippen LogP contribution in [0.2, 0.25) is 0 Å². The van der Waals surface area contributed by atoms with Gasteiger partial charge in [-0.15, -0.1) is 0 Å². The molecule has 24 heavy (non-hydrogen) atoms. The highest BCUT2D eigenvalue weighted by Gasteiger charge is 2.18. The van der Waals surface area contributed by atoms with Crippen LogP contribution in [0.5, 0.6) is 0 Å². The molecule has 0 atom stereocenters. The minimum atomic E-state index is -0.487. The second-order valence-corrected chi connectivity index (χ2v) is 5.89. The monoisotopic (exact) mass is 328 g/mol. The third-order valence-electron chi connectivity index (χ3n) is 4.26. The van der Waals surface area contributed by atoms with Crippen LogP contribution in [0.15, 0.2) is 47.9 Å². The lowest BCUT2D eigenvalue weighted by molar-refractivity contribution is 0.407. The van der Waals surface area contributed by atoms with E-state index in [1.165, 1.54) is 36.5 Å². The van der Waals surface area contributed by atoms with Crippen molar-refractivity contribution in [2.45, 2.75) is 26.2 Å². The van der Waals surface area contributed by atoms with Crippen molar-refractivity contribution in [3.63, 3.8) is 0 Å². The summed E-state index contributed by atoms with van der Waals surface area (Å²) in [5, 5.41) is 10.3. The molecule has 3 nitrogen and oxygen atoms in total. The lowest BCUT2D eigenvalue weighted by Gasteiger charge is -2.18. The van der Waals surface area contributed by atoms with Crippen LogP contribution in [-0.4, -0.2) is 10.1 Å². The van der Waals surface area contributed by atoms with Gasteiger partial charge < -0.3 is 10.8 Å². The van der Waals surface area contributed by atoms with Gasteiger partial charge in [0.2, 0.25) is 0 Å². The molecule has 0 spiro atoms. The second kappa shape index (κ2) is 6.43. The molecule has 0 bridgehead atoms. The minimum absolute atomic E-state index is 0.119. The number of anilines is 1. The first-order valence-corrected chi connectivity index (χ1v) is 7.77. The van der Waals surface area contributed by atoms with Crippen molar-refractivity contribution in [1.29, 1.82) is 0 Å². The topological polar surface area (TPSA) is 59.1 Å². The number of hydrogen-bond donors (Lipinski definition) is 2. The first-order chi connectivity index (χ1) is 11.5. The summed E-state index contributed by atoms with van der Waals surface area (Å²) in [6.07, 6.45) is 5.69. The van der Waals surface area contributed by atoms with Gasteiger partial charge in [0.25, 0.3) is 0 Å².